The molecule has 29 heavy (non-hydrogen) atoms. The summed E-state index contributed by atoms with van der Waals surface area (Å²) in [5.74, 6) is 1.40. The quantitative estimate of drug-likeness (QED) is 0.522. The highest BCUT2D eigenvalue weighted by atomic mass is 16.5. The molecule has 0 radical (unpaired) electrons. The molecule has 0 aliphatic heterocycles. The summed E-state index contributed by atoms with van der Waals surface area (Å²) in [4.78, 5) is 45.1. The summed E-state index contributed by atoms with van der Waals surface area (Å²) in [5, 5.41) is 2.81. The number of hydrogen-bond donors (Lipinski definition) is 3. The zero-order valence-corrected chi connectivity index (χ0v) is 16.5. The van der Waals surface area contributed by atoms with E-state index in [9.17, 15) is 14.4 Å². The first-order valence-electron chi connectivity index (χ1n) is 9.30. The number of amides is 1. The van der Waals surface area contributed by atoms with E-state index in [0.717, 1.165) is 0 Å². The maximum atomic E-state index is 12.3. The van der Waals surface area contributed by atoms with Crippen LogP contribution in [0.25, 0.3) is 11.2 Å². The number of fused-ring (bicyclic) bond motifs is 1. The third kappa shape index (κ3) is 4.48. The van der Waals surface area contributed by atoms with Crippen molar-refractivity contribution in [3.63, 3.8) is 0 Å². The largest absolute Gasteiger partial charge is 0.490 e. The van der Waals surface area contributed by atoms with Gasteiger partial charge in [-0.05, 0) is 26.0 Å². The molecule has 2 heterocycles. The van der Waals surface area contributed by atoms with Gasteiger partial charge < -0.3 is 19.8 Å². The van der Waals surface area contributed by atoms with Gasteiger partial charge in [-0.3, -0.25) is 19.1 Å². The van der Waals surface area contributed by atoms with Gasteiger partial charge in [-0.2, -0.15) is 0 Å². The summed E-state index contributed by atoms with van der Waals surface area (Å²) >= 11 is 0. The lowest BCUT2D eigenvalue weighted by atomic mass is 10.2. The van der Waals surface area contributed by atoms with Gasteiger partial charge in [0.15, 0.2) is 17.1 Å². The highest BCUT2D eigenvalue weighted by molar-refractivity contribution is 5.91. The van der Waals surface area contributed by atoms with E-state index < -0.39 is 11.2 Å². The predicted octanol–water partition coefficient (Wildman–Crippen LogP) is 1.32. The second-order valence-electron chi connectivity index (χ2n) is 6.28. The van der Waals surface area contributed by atoms with Crippen molar-refractivity contribution in [3.8, 4) is 11.5 Å². The lowest BCUT2D eigenvalue weighted by Crippen LogP contribution is -2.28. The van der Waals surface area contributed by atoms with E-state index >= 15 is 0 Å². The fourth-order valence-corrected chi connectivity index (χ4v) is 2.86. The number of aryl methyl sites for hydroxylation is 2. The third-order valence-corrected chi connectivity index (χ3v) is 4.22. The molecule has 0 fully saturated rings. The summed E-state index contributed by atoms with van der Waals surface area (Å²) < 4.78 is 12.3. The molecule has 3 aromatic rings. The summed E-state index contributed by atoms with van der Waals surface area (Å²) in [6, 6.07) is 5.20. The molecular weight excluding hydrogens is 378 g/mol. The minimum absolute atomic E-state index is 0.142. The molecule has 0 aliphatic rings. The molecule has 0 unspecified atom stereocenters. The van der Waals surface area contributed by atoms with Crippen LogP contribution in [0.3, 0.4) is 0 Å². The van der Waals surface area contributed by atoms with Gasteiger partial charge in [0.25, 0.3) is 5.56 Å². The summed E-state index contributed by atoms with van der Waals surface area (Å²) in [5.41, 5.74) is -0.0363. The van der Waals surface area contributed by atoms with Gasteiger partial charge in [-0.15, -0.1) is 0 Å². The van der Waals surface area contributed by atoms with E-state index in [0.29, 0.717) is 36.2 Å². The van der Waals surface area contributed by atoms with Crippen molar-refractivity contribution >= 4 is 22.8 Å². The maximum Gasteiger partial charge on any atom is 0.329 e. The average Bonchev–Trinajstić information content (AvgIpc) is 3.12. The Bertz CT molecular complexity index is 1140. The van der Waals surface area contributed by atoms with Crippen LogP contribution in [0.15, 0.2) is 27.8 Å². The number of aromatic nitrogens is 4. The first-order chi connectivity index (χ1) is 13.9. The molecule has 1 amide bonds. The van der Waals surface area contributed by atoms with Crippen LogP contribution in [-0.2, 0) is 18.3 Å². The molecule has 1 aromatic carbocycles. The van der Waals surface area contributed by atoms with Crippen LogP contribution < -0.4 is 26.0 Å². The van der Waals surface area contributed by atoms with Crippen molar-refractivity contribution in [1.29, 1.82) is 0 Å². The normalized spacial score (nSPS) is 10.9. The topological polar surface area (TPSA) is 131 Å². The van der Waals surface area contributed by atoms with Gasteiger partial charge in [0, 0.05) is 31.6 Å². The average molecular weight is 401 g/mol. The number of rotatable bonds is 8. The number of imidazole rings is 1. The first-order valence-corrected chi connectivity index (χ1v) is 9.30. The first kappa shape index (κ1) is 20.2. The smallest absolute Gasteiger partial charge is 0.329 e. The number of nitrogens with one attached hydrogen (secondary N) is 3. The Morgan fingerprint density at radius 3 is 2.59 bits per heavy atom. The second kappa shape index (κ2) is 8.63. The summed E-state index contributed by atoms with van der Waals surface area (Å²) in [7, 11) is 1.51. The predicted molar refractivity (Wildman–Crippen MR) is 108 cm³/mol. The fourth-order valence-electron chi connectivity index (χ4n) is 2.86. The van der Waals surface area contributed by atoms with Gasteiger partial charge >= 0.3 is 5.69 Å². The molecule has 2 aromatic heterocycles. The lowest BCUT2D eigenvalue weighted by Gasteiger charge is -2.13. The van der Waals surface area contributed by atoms with Crippen LogP contribution >= 0.6 is 0 Å². The highest BCUT2D eigenvalue weighted by Gasteiger charge is 2.13. The summed E-state index contributed by atoms with van der Waals surface area (Å²) in [6.07, 6.45) is 0.423. The lowest BCUT2D eigenvalue weighted by molar-refractivity contribution is -0.116. The second-order valence-corrected chi connectivity index (χ2v) is 6.28. The van der Waals surface area contributed by atoms with Gasteiger partial charge in [0.05, 0.1) is 13.2 Å². The molecule has 0 spiro atoms. The standard InChI is InChI=1S/C19H23N5O5/c1-4-28-12-7-6-11(10-13(12)29-5-2)20-15(25)9-8-14-21-16-17(22-14)24(3)19(27)23-18(16)26/h6-7,10H,4-5,8-9H2,1-3H3,(H,20,25)(H,21,22)(H,23,26,27). The van der Waals surface area contributed by atoms with Crippen molar-refractivity contribution in [2.75, 3.05) is 18.5 Å². The monoisotopic (exact) mass is 401 g/mol. The third-order valence-electron chi connectivity index (χ3n) is 4.22. The molecule has 0 aliphatic carbocycles. The number of ether oxygens (including phenoxy) is 2. The Kier molecular flexibility index (Phi) is 6.01. The highest BCUT2D eigenvalue weighted by Crippen LogP contribution is 2.30. The summed E-state index contributed by atoms with van der Waals surface area (Å²) in [6.45, 7) is 4.74. The van der Waals surface area contributed by atoms with Crippen molar-refractivity contribution in [2.24, 2.45) is 7.05 Å². The number of carbonyl (C=O) groups is 1. The number of H-pyrrole nitrogens is 2. The molecule has 0 bridgehead atoms. The molecule has 0 saturated carbocycles. The van der Waals surface area contributed by atoms with Crippen molar-refractivity contribution in [2.45, 2.75) is 26.7 Å². The van der Waals surface area contributed by atoms with Crippen LogP contribution in [0.4, 0.5) is 5.69 Å². The zero-order valence-electron chi connectivity index (χ0n) is 16.5. The Hall–Kier alpha value is -3.56. The Morgan fingerprint density at radius 1 is 1.14 bits per heavy atom. The number of benzene rings is 1. The molecule has 10 heteroatoms. The van der Waals surface area contributed by atoms with E-state index in [4.69, 9.17) is 9.47 Å². The fraction of sp³-hybridized carbons (Fsp3) is 0.368. The SMILES string of the molecule is CCOc1ccc(NC(=O)CCc2nc3c([nH]2)c(=O)[nH]c(=O)n3C)cc1OCC. The van der Waals surface area contributed by atoms with Crippen LogP contribution in [0.1, 0.15) is 26.1 Å². The van der Waals surface area contributed by atoms with E-state index in [-0.39, 0.29) is 29.9 Å². The Balaban J connectivity index is 1.69. The van der Waals surface area contributed by atoms with Crippen LogP contribution in [0, 0.1) is 0 Å². The molecule has 0 atom stereocenters. The number of carbonyl (C=O) groups excluding carboxylic acids is 1. The van der Waals surface area contributed by atoms with Crippen molar-refractivity contribution in [3.05, 3.63) is 44.9 Å². The molecule has 154 valence electrons. The molecule has 0 saturated heterocycles. The number of nitrogens with zero attached hydrogens (tertiary/aromatic N) is 2. The molecule has 10 nitrogen and oxygen atoms in total. The van der Waals surface area contributed by atoms with Gasteiger partial charge in [0.1, 0.15) is 11.3 Å². The molecule has 3 rings (SSSR count). The van der Waals surface area contributed by atoms with E-state index in [1.165, 1.54) is 11.6 Å². The van der Waals surface area contributed by atoms with Gasteiger partial charge in [0.2, 0.25) is 5.91 Å². The van der Waals surface area contributed by atoms with Crippen molar-refractivity contribution in [1.82, 2.24) is 19.5 Å². The Labute approximate surface area is 165 Å². The number of aromatic amines is 2. The van der Waals surface area contributed by atoms with E-state index in [2.05, 4.69) is 20.3 Å². The van der Waals surface area contributed by atoms with Crippen LogP contribution in [0.5, 0.6) is 11.5 Å². The van der Waals surface area contributed by atoms with Crippen LogP contribution in [-0.4, -0.2) is 38.6 Å². The number of hydrogen-bond acceptors (Lipinski definition) is 6. The zero-order chi connectivity index (χ0) is 21.0. The van der Waals surface area contributed by atoms with Crippen LogP contribution in [0.2, 0.25) is 0 Å². The van der Waals surface area contributed by atoms with Crippen molar-refractivity contribution < 1.29 is 14.3 Å². The maximum absolute atomic E-state index is 12.3. The molecule has 3 N–H and O–H groups in total. The van der Waals surface area contributed by atoms with Gasteiger partial charge in [-0.25, -0.2) is 9.78 Å². The Morgan fingerprint density at radius 2 is 1.86 bits per heavy atom. The minimum atomic E-state index is -0.543. The minimum Gasteiger partial charge on any atom is -0.490 e. The van der Waals surface area contributed by atoms with Gasteiger partial charge in [-0.1, -0.05) is 0 Å². The van der Waals surface area contributed by atoms with E-state index in [1.807, 2.05) is 13.8 Å². The molecular formula is C19H23N5O5. The number of anilines is 1. The van der Waals surface area contributed by atoms with E-state index in [1.54, 1.807) is 18.2 Å².